The Morgan fingerprint density at radius 1 is 1.41 bits per heavy atom. The third-order valence-electron chi connectivity index (χ3n) is 2.64. The van der Waals surface area contributed by atoms with Gasteiger partial charge in [0.15, 0.2) is 0 Å². The maximum atomic E-state index is 7.34. The Balaban J connectivity index is 2.65. The van der Waals surface area contributed by atoms with Gasteiger partial charge in [-0.25, -0.2) is 4.98 Å². The largest absolute Gasteiger partial charge is 0.398 e. The minimum atomic E-state index is 0.451. The van der Waals surface area contributed by atoms with E-state index in [1.165, 1.54) is 6.21 Å². The van der Waals surface area contributed by atoms with Crippen molar-refractivity contribution in [1.29, 1.82) is 5.41 Å². The average molecular weight is 246 g/mol. The molecule has 2 rings (SSSR count). The zero-order valence-electron chi connectivity index (χ0n) is 9.37. The van der Waals surface area contributed by atoms with Gasteiger partial charge in [0.1, 0.15) is 5.15 Å². The fraction of sp³-hybridized carbons (Fsp3) is 0.0769. The van der Waals surface area contributed by atoms with E-state index in [1.54, 1.807) is 6.20 Å². The Kier molecular flexibility index (Phi) is 3.11. The summed E-state index contributed by atoms with van der Waals surface area (Å²) in [6.07, 6.45) is 2.89. The summed E-state index contributed by atoms with van der Waals surface area (Å²) >= 11 is 6.05. The Morgan fingerprint density at radius 2 is 2.18 bits per heavy atom. The van der Waals surface area contributed by atoms with Crippen LogP contribution < -0.4 is 5.73 Å². The Morgan fingerprint density at radius 3 is 2.82 bits per heavy atom. The third-order valence-corrected chi connectivity index (χ3v) is 2.95. The quantitative estimate of drug-likeness (QED) is 0.484. The third kappa shape index (κ3) is 2.15. The fourth-order valence-electron chi connectivity index (χ4n) is 1.70. The van der Waals surface area contributed by atoms with Crippen molar-refractivity contribution in [2.24, 2.45) is 0 Å². The number of nitrogens with two attached hydrogens (primary N) is 1. The second kappa shape index (κ2) is 4.55. The fourth-order valence-corrected chi connectivity index (χ4v) is 1.93. The smallest absolute Gasteiger partial charge is 0.136 e. The lowest BCUT2D eigenvalue weighted by Gasteiger charge is -2.09. The number of rotatable bonds is 2. The van der Waals surface area contributed by atoms with Gasteiger partial charge in [0.25, 0.3) is 0 Å². The van der Waals surface area contributed by atoms with Crippen molar-refractivity contribution in [3.63, 3.8) is 0 Å². The van der Waals surface area contributed by atoms with Crippen LogP contribution in [0.4, 0.5) is 5.69 Å². The Bertz CT molecular complexity index is 579. The monoisotopic (exact) mass is 245 g/mol. The molecule has 4 heteroatoms. The van der Waals surface area contributed by atoms with Crippen LogP contribution in [0.1, 0.15) is 11.1 Å². The minimum absolute atomic E-state index is 0.451. The molecule has 0 atom stereocenters. The van der Waals surface area contributed by atoms with Crippen LogP contribution in [0.15, 0.2) is 30.5 Å². The van der Waals surface area contributed by atoms with Gasteiger partial charge in [-0.05, 0) is 42.3 Å². The summed E-state index contributed by atoms with van der Waals surface area (Å²) in [7, 11) is 0. The highest BCUT2D eigenvalue weighted by Crippen LogP contribution is 2.29. The number of hydrogen-bond acceptors (Lipinski definition) is 3. The summed E-state index contributed by atoms with van der Waals surface area (Å²) in [5, 5.41) is 7.79. The van der Waals surface area contributed by atoms with Gasteiger partial charge >= 0.3 is 0 Å². The van der Waals surface area contributed by atoms with Crippen LogP contribution in [-0.2, 0) is 0 Å². The summed E-state index contributed by atoms with van der Waals surface area (Å²) in [6.45, 7) is 1.91. The van der Waals surface area contributed by atoms with Crippen LogP contribution in [0.25, 0.3) is 11.1 Å². The van der Waals surface area contributed by atoms with Crippen LogP contribution in [-0.4, -0.2) is 11.2 Å². The van der Waals surface area contributed by atoms with Crippen molar-refractivity contribution in [3.8, 4) is 11.1 Å². The predicted octanol–water partition coefficient (Wildman–Crippen LogP) is 3.29. The first-order chi connectivity index (χ1) is 8.13. The van der Waals surface area contributed by atoms with Gasteiger partial charge in [0.05, 0.1) is 0 Å². The van der Waals surface area contributed by atoms with E-state index < -0.39 is 0 Å². The second-order valence-corrected chi connectivity index (χ2v) is 4.14. The van der Waals surface area contributed by atoms with Crippen LogP contribution >= 0.6 is 11.6 Å². The molecule has 0 unspecified atom stereocenters. The lowest BCUT2D eigenvalue weighted by atomic mass is 10.00. The standard InChI is InChI=1S/C13H12ClN3/c1-8-5-9(6-10(7-15)12(8)16)11-3-2-4-17-13(11)14/h2-7,15H,16H2,1H3. The first kappa shape index (κ1) is 11.6. The minimum Gasteiger partial charge on any atom is -0.398 e. The predicted molar refractivity (Wildman–Crippen MR) is 71.7 cm³/mol. The van der Waals surface area contributed by atoms with E-state index in [0.29, 0.717) is 16.4 Å². The molecule has 3 N–H and O–H groups in total. The molecule has 17 heavy (non-hydrogen) atoms. The van der Waals surface area contributed by atoms with Crippen LogP contribution in [0, 0.1) is 12.3 Å². The number of aromatic nitrogens is 1. The van der Waals surface area contributed by atoms with Crippen LogP contribution in [0.3, 0.4) is 0 Å². The topological polar surface area (TPSA) is 62.8 Å². The van der Waals surface area contributed by atoms with E-state index in [0.717, 1.165) is 16.7 Å². The molecular weight excluding hydrogens is 234 g/mol. The van der Waals surface area contributed by atoms with Gasteiger partial charge < -0.3 is 11.1 Å². The van der Waals surface area contributed by atoms with E-state index in [-0.39, 0.29) is 0 Å². The average Bonchev–Trinajstić information content (AvgIpc) is 2.33. The van der Waals surface area contributed by atoms with E-state index in [9.17, 15) is 0 Å². The highest BCUT2D eigenvalue weighted by Gasteiger charge is 2.08. The molecule has 3 nitrogen and oxygen atoms in total. The first-order valence-electron chi connectivity index (χ1n) is 5.15. The molecule has 0 radical (unpaired) electrons. The molecule has 1 aromatic carbocycles. The van der Waals surface area contributed by atoms with Crippen molar-refractivity contribution in [2.75, 3.05) is 5.73 Å². The second-order valence-electron chi connectivity index (χ2n) is 3.78. The molecule has 1 heterocycles. The number of halogens is 1. The van der Waals surface area contributed by atoms with Gasteiger partial charge in [-0.1, -0.05) is 11.6 Å². The van der Waals surface area contributed by atoms with E-state index in [2.05, 4.69) is 4.98 Å². The molecule has 2 aromatic rings. The number of aryl methyl sites for hydroxylation is 1. The molecule has 0 aliphatic heterocycles. The molecule has 1 aromatic heterocycles. The number of pyridine rings is 1. The first-order valence-corrected chi connectivity index (χ1v) is 5.52. The number of nitrogens with zero attached hydrogens (tertiary/aromatic N) is 1. The molecule has 0 saturated heterocycles. The Labute approximate surface area is 105 Å². The highest BCUT2D eigenvalue weighted by atomic mass is 35.5. The highest BCUT2D eigenvalue weighted by molar-refractivity contribution is 6.32. The summed E-state index contributed by atoms with van der Waals surface area (Å²) in [6, 6.07) is 7.52. The molecule has 0 aliphatic carbocycles. The van der Waals surface area contributed by atoms with E-state index >= 15 is 0 Å². The molecule has 86 valence electrons. The van der Waals surface area contributed by atoms with Crippen molar-refractivity contribution >= 4 is 23.5 Å². The maximum Gasteiger partial charge on any atom is 0.136 e. The van der Waals surface area contributed by atoms with Gasteiger partial charge in [-0.15, -0.1) is 0 Å². The Hall–Kier alpha value is -1.87. The molecule has 0 aliphatic rings. The lowest BCUT2D eigenvalue weighted by Crippen LogP contribution is -1.97. The van der Waals surface area contributed by atoms with Crippen molar-refractivity contribution < 1.29 is 0 Å². The van der Waals surface area contributed by atoms with E-state index in [1.807, 2.05) is 31.2 Å². The SMILES string of the molecule is Cc1cc(-c2cccnc2Cl)cc(C=N)c1N. The van der Waals surface area contributed by atoms with Gasteiger partial charge in [0.2, 0.25) is 0 Å². The summed E-state index contributed by atoms with van der Waals surface area (Å²) in [5.74, 6) is 0. The lowest BCUT2D eigenvalue weighted by molar-refractivity contribution is 1.32. The number of nitrogens with one attached hydrogen (secondary N) is 1. The molecule has 0 bridgehead atoms. The van der Waals surface area contributed by atoms with E-state index in [4.69, 9.17) is 22.7 Å². The summed E-state index contributed by atoms with van der Waals surface area (Å²) < 4.78 is 0. The van der Waals surface area contributed by atoms with Crippen LogP contribution in [0.2, 0.25) is 5.15 Å². The van der Waals surface area contributed by atoms with Crippen molar-refractivity contribution in [3.05, 3.63) is 46.7 Å². The number of nitrogen functional groups attached to an aromatic ring is 1. The maximum absolute atomic E-state index is 7.34. The molecule has 0 saturated carbocycles. The summed E-state index contributed by atoms with van der Waals surface area (Å²) in [4.78, 5) is 4.04. The zero-order chi connectivity index (χ0) is 12.4. The van der Waals surface area contributed by atoms with Crippen LogP contribution in [0.5, 0.6) is 0 Å². The van der Waals surface area contributed by atoms with Gasteiger partial charge in [-0.2, -0.15) is 0 Å². The summed E-state index contributed by atoms with van der Waals surface area (Å²) in [5.41, 5.74) is 9.90. The number of hydrogen-bond donors (Lipinski definition) is 2. The van der Waals surface area contributed by atoms with Gasteiger partial charge in [-0.3, -0.25) is 0 Å². The normalized spacial score (nSPS) is 10.2. The number of anilines is 1. The van der Waals surface area contributed by atoms with Crippen molar-refractivity contribution in [2.45, 2.75) is 6.92 Å². The molecular formula is C13H12ClN3. The zero-order valence-corrected chi connectivity index (χ0v) is 10.1. The van der Waals surface area contributed by atoms with Gasteiger partial charge in [0, 0.05) is 29.2 Å². The molecule has 0 fully saturated rings. The van der Waals surface area contributed by atoms with Crippen molar-refractivity contribution in [1.82, 2.24) is 4.98 Å². The molecule has 0 spiro atoms. The number of benzene rings is 1. The molecule has 0 amide bonds.